The fourth-order valence-electron chi connectivity index (χ4n) is 2.96. The van der Waals surface area contributed by atoms with E-state index in [2.05, 4.69) is 26.1 Å². The molecule has 3 rings (SSSR count). The van der Waals surface area contributed by atoms with Gasteiger partial charge in [-0.2, -0.15) is 0 Å². The largest absolute Gasteiger partial charge is 0.314 e. The third-order valence-corrected chi connectivity index (χ3v) is 4.87. The molecule has 5 heteroatoms. The summed E-state index contributed by atoms with van der Waals surface area (Å²) in [5.41, 5.74) is 0.244. The lowest BCUT2D eigenvalue weighted by Gasteiger charge is -2.35. The van der Waals surface area contributed by atoms with Crippen LogP contribution in [0, 0.1) is 17.6 Å². The Labute approximate surface area is 126 Å². The number of benzene rings is 1. The van der Waals surface area contributed by atoms with Crippen molar-refractivity contribution in [1.29, 1.82) is 0 Å². The summed E-state index contributed by atoms with van der Waals surface area (Å²) < 4.78 is 29.0. The predicted octanol–water partition coefficient (Wildman–Crippen LogP) is 3.47. The Kier molecular flexibility index (Phi) is 4.38. The summed E-state index contributed by atoms with van der Waals surface area (Å²) in [6, 6.07) is 2.67. The van der Waals surface area contributed by atoms with E-state index in [1.807, 2.05) is 0 Å². The van der Waals surface area contributed by atoms with Gasteiger partial charge >= 0.3 is 0 Å². The highest BCUT2D eigenvalue weighted by molar-refractivity contribution is 9.10. The van der Waals surface area contributed by atoms with Crippen LogP contribution in [0.1, 0.15) is 30.9 Å². The Morgan fingerprint density at radius 2 is 1.95 bits per heavy atom. The van der Waals surface area contributed by atoms with Gasteiger partial charge in [0.15, 0.2) is 0 Å². The van der Waals surface area contributed by atoms with E-state index in [0.29, 0.717) is 10.4 Å². The van der Waals surface area contributed by atoms with Crippen LogP contribution < -0.4 is 5.32 Å². The van der Waals surface area contributed by atoms with Crippen molar-refractivity contribution in [2.45, 2.75) is 25.3 Å². The molecule has 0 unspecified atom stereocenters. The normalized spacial score (nSPS) is 21.9. The van der Waals surface area contributed by atoms with Crippen LogP contribution in [0.4, 0.5) is 8.78 Å². The number of piperazine rings is 1. The first-order valence-corrected chi connectivity index (χ1v) is 8.04. The molecular weight excluding hydrogens is 326 g/mol. The molecular formula is C15H19BrF2N2. The molecule has 1 atom stereocenters. The van der Waals surface area contributed by atoms with E-state index in [-0.39, 0.29) is 11.6 Å². The fraction of sp³-hybridized carbons (Fsp3) is 0.600. The Morgan fingerprint density at radius 1 is 1.25 bits per heavy atom. The smallest absolute Gasteiger partial charge is 0.145 e. The lowest BCUT2D eigenvalue weighted by Crippen LogP contribution is -2.45. The van der Waals surface area contributed by atoms with E-state index in [0.717, 1.165) is 32.6 Å². The summed E-state index contributed by atoms with van der Waals surface area (Å²) in [5, 5.41) is 3.29. The SMILES string of the molecule is Fc1ccc(Br)c(F)c1[C@@H](CC1CC1)N1CCNCC1. The monoisotopic (exact) mass is 344 g/mol. The van der Waals surface area contributed by atoms with Crippen molar-refractivity contribution in [3.05, 3.63) is 33.8 Å². The zero-order chi connectivity index (χ0) is 14.1. The molecule has 1 N–H and O–H groups in total. The highest BCUT2D eigenvalue weighted by Gasteiger charge is 2.33. The number of halogens is 3. The molecule has 2 aliphatic rings. The van der Waals surface area contributed by atoms with Gasteiger partial charge in [-0.15, -0.1) is 0 Å². The van der Waals surface area contributed by atoms with Crippen molar-refractivity contribution < 1.29 is 8.78 Å². The highest BCUT2D eigenvalue weighted by Crippen LogP contribution is 2.42. The van der Waals surface area contributed by atoms with Gasteiger partial charge in [-0.25, -0.2) is 8.78 Å². The zero-order valence-corrected chi connectivity index (χ0v) is 12.9. The zero-order valence-electron chi connectivity index (χ0n) is 11.3. The number of nitrogens with one attached hydrogen (secondary N) is 1. The van der Waals surface area contributed by atoms with Gasteiger partial charge < -0.3 is 5.32 Å². The Bertz CT molecular complexity index is 485. The highest BCUT2D eigenvalue weighted by atomic mass is 79.9. The standard InChI is InChI=1S/C15H19BrF2N2/c16-11-3-4-12(17)14(15(11)18)13(9-10-1-2-10)20-7-5-19-6-8-20/h3-4,10,13,19H,1-2,5-9H2/t13-/m1/s1. The Balaban J connectivity index is 1.93. The molecule has 0 amide bonds. The van der Waals surface area contributed by atoms with E-state index >= 15 is 0 Å². The van der Waals surface area contributed by atoms with Crippen molar-refractivity contribution >= 4 is 15.9 Å². The van der Waals surface area contributed by atoms with Gasteiger partial charge in [0.25, 0.3) is 0 Å². The van der Waals surface area contributed by atoms with Gasteiger partial charge in [-0.3, -0.25) is 4.90 Å². The molecule has 1 aliphatic heterocycles. The molecule has 1 aromatic carbocycles. The first-order valence-electron chi connectivity index (χ1n) is 7.25. The molecule has 0 spiro atoms. The van der Waals surface area contributed by atoms with Gasteiger partial charge in [-0.05, 0) is 40.4 Å². The van der Waals surface area contributed by atoms with Gasteiger partial charge in [0.2, 0.25) is 0 Å². The first kappa shape index (κ1) is 14.4. The number of hydrogen-bond donors (Lipinski definition) is 1. The van der Waals surface area contributed by atoms with Crippen molar-refractivity contribution in [1.82, 2.24) is 10.2 Å². The number of rotatable bonds is 4. The summed E-state index contributed by atoms with van der Waals surface area (Å²) in [5.74, 6) is -0.225. The van der Waals surface area contributed by atoms with Gasteiger partial charge in [0.05, 0.1) is 4.47 Å². The van der Waals surface area contributed by atoms with Crippen molar-refractivity contribution in [2.75, 3.05) is 26.2 Å². The topological polar surface area (TPSA) is 15.3 Å². The molecule has 2 fully saturated rings. The average molecular weight is 345 g/mol. The molecule has 1 aromatic rings. The van der Waals surface area contributed by atoms with Gasteiger partial charge in [0.1, 0.15) is 11.6 Å². The van der Waals surface area contributed by atoms with Crippen molar-refractivity contribution in [2.24, 2.45) is 5.92 Å². The minimum Gasteiger partial charge on any atom is -0.314 e. The van der Waals surface area contributed by atoms with Crippen LogP contribution >= 0.6 is 15.9 Å². The predicted molar refractivity (Wildman–Crippen MR) is 78.6 cm³/mol. The van der Waals surface area contributed by atoms with E-state index < -0.39 is 11.6 Å². The van der Waals surface area contributed by atoms with E-state index in [1.54, 1.807) is 0 Å². The third kappa shape index (κ3) is 3.05. The molecule has 2 nitrogen and oxygen atoms in total. The first-order chi connectivity index (χ1) is 9.66. The summed E-state index contributed by atoms with van der Waals surface area (Å²) in [7, 11) is 0. The fourth-order valence-corrected chi connectivity index (χ4v) is 3.31. The minimum atomic E-state index is -0.436. The summed E-state index contributed by atoms with van der Waals surface area (Å²) in [6.45, 7) is 3.47. The van der Waals surface area contributed by atoms with Crippen LogP contribution in [0.25, 0.3) is 0 Å². The maximum atomic E-state index is 14.4. The summed E-state index contributed by atoms with van der Waals surface area (Å²) in [4.78, 5) is 2.22. The lowest BCUT2D eigenvalue weighted by molar-refractivity contribution is 0.154. The molecule has 0 bridgehead atoms. The molecule has 1 aliphatic carbocycles. The van der Waals surface area contributed by atoms with Crippen LogP contribution in [0.15, 0.2) is 16.6 Å². The van der Waals surface area contributed by atoms with Gasteiger partial charge in [0, 0.05) is 37.8 Å². The number of hydrogen-bond acceptors (Lipinski definition) is 2. The van der Waals surface area contributed by atoms with Gasteiger partial charge in [-0.1, -0.05) is 12.8 Å². The summed E-state index contributed by atoms with van der Waals surface area (Å²) in [6.07, 6.45) is 3.25. The van der Waals surface area contributed by atoms with Crippen molar-refractivity contribution in [3.8, 4) is 0 Å². The van der Waals surface area contributed by atoms with Crippen LogP contribution in [-0.2, 0) is 0 Å². The number of nitrogens with zero attached hydrogens (tertiary/aromatic N) is 1. The van der Waals surface area contributed by atoms with Crippen molar-refractivity contribution in [3.63, 3.8) is 0 Å². The van der Waals surface area contributed by atoms with E-state index in [4.69, 9.17) is 0 Å². The molecule has 110 valence electrons. The second-order valence-corrected chi connectivity index (χ2v) is 6.59. The lowest BCUT2D eigenvalue weighted by atomic mass is 9.97. The van der Waals surface area contributed by atoms with E-state index in [9.17, 15) is 8.78 Å². The Hall–Kier alpha value is -0.520. The maximum Gasteiger partial charge on any atom is 0.145 e. The molecule has 1 saturated carbocycles. The maximum absolute atomic E-state index is 14.4. The summed E-state index contributed by atoms with van der Waals surface area (Å²) >= 11 is 3.18. The molecule has 0 aromatic heterocycles. The van der Waals surface area contributed by atoms with E-state index in [1.165, 1.54) is 25.0 Å². The molecule has 1 heterocycles. The second-order valence-electron chi connectivity index (χ2n) is 5.74. The third-order valence-electron chi connectivity index (χ3n) is 4.26. The molecule has 1 saturated heterocycles. The second kappa shape index (κ2) is 6.08. The van der Waals surface area contributed by atoms with Crippen LogP contribution in [0.2, 0.25) is 0 Å². The quantitative estimate of drug-likeness (QED) is 0.841. The average Bonchev–Trinajstić information content (AvgIpc) is 3.27. The Morgan fingerprint density at radius 3 is 2.60 bits per heavy atom. The van der Waals surface area contributed by atoms with Crippen LogP contribution in [0.5, 0.6) is 0 Å². The van der Waals surface area contributed by atoms with Crippen LogP contribution in [-0.4, -0.2) is 31.1 Å². The van der Waals surface area contributed by atoms with Crippen LogP contribution in [0.3, 0.4) is 0 Å². The molecule has 0 radical (unpaired) electrons. The molecule has 20 heavy (non-hydrogen) atoms. The minimum absolute atomic E-state index is 0.137.